The van der Waals surface area contributed by atoms with Crippen molar-refractivity contribution in [1.82, 2.24) is 5.32 Å². The number of carboxylic acid groups (broad SMARTS) is 1. The van der Waals surface area contributed by atoms with Gasteiger partial charge in [0, 0.05) is 30.7 Å². The molecule has 0 saturated carbocycles. The standard InChI is InChI=1S/C19H21NO5/c1-24-16-7-6-15(13-4-2-3-5-14(13)16)17(21)20-12-19(18(22)23)8-10-25-11-9-19/h2-7H,8-12H2,1H3,(H,20,21)(H,22,23). The molecule has 1 aliphatic rings. The van der Waals surface area contributed by atoms with Crippen molar-refractivity contribution in [2.75, 3.05) is 26.9 Å². The topological polar surface area (TPSA) is 84.9 Å². The first kappa shape index (κ1) is 17.2. The average Bonchev–Trinajstić information content (AvgIpc) is 2.65. The Balaban J connectivity index is 1.84. The molecule has 6 nitrogen and oxygen atoms in total. The van der Waals surface area contributed by atoms with E-state index < -0.39 is 11.4 Å². The zero-order chi connectivity index (χ0) is 17.9. The second-order valence-electron chi connectivity index (χ2n) is 6.24. The summed E-state index contributed by atoms with van der Waals surface area (Å²) in [7, 11) is 1.59. The number of amides is 1. The summed E-state index contributed by atoms with van der Waals surface area (Å²) >= 11 is 0. The number of aliphatic carboxylic acids is 1. The van der Waals surface area contributed by atoms with Gasteiger partial charge in [-0.25, -0.2) is 0 Å². The van der Waals surface area contributed by atoms with Crippen LogP contribution in [-0.2, 0) is 9.53 Å². The van der Waals surface area contributed by atoms with E-state index in [4.69, 9.17) is 9.47 Å². The number of benzene rings is 2. The van der Waals surface area contributed by atoms with Crippen LogP contribution < -0.4 is 10.1 Å². The average molecular weight is 343 g/mol. The highest BCUT2D eigenvalue weighted by Gasteiger charge is 2.40. The van der Waals surface area contributed by atoms with Crippen LogP contribution in [0.3, 0.4) is 0 Å². The minimum Gasteiger partial charge on any atom is -0.496 e. The molecule has 6 heteroatoms. The smallest absolute Gasteiger partial charge is 0.311 e. The molecule has 1 amide bonds. The first-order valence-corrected chi connectivity index (χ1v) is 8.22. The van der Waals surface area contributed by atoms with Gasteiger partial charge >= 0.3 is 5.97 Å². The third kappa shape index (κ3) is 3.30. The first-order valence-electron chi connectivity index (χ1n) is 8.22. The van der Waals surface area contributed by atoms with Crippen LogP contribution in [0.1, 0.15) is 23.2 Å². The Kier molecular flexibility index (Phi) is 4.90. The molecule has 0 unspecified atom stereocenters. The number of ether oxygens (including phenoxy) is 2. The van der Waals surface area contributed by atoms with Crippen molar-refractivity contribution in [3.63, 3.8) is 0 Å². The summed E-state index contributed by atoms with van der Waals surface area (Å²) in [5, 5.41) is 14.0. The highest BCUT2D eigenvalue weighted by atomic mass is 16.5. The number of nitrogens with one attached hydrogen (secondary N) is 1. The van der Waals surface area contributed by atoms with Crippen LogP contribution in [0.2, 0.25) is 0 Å². The molecule has 2 N–H and O–H groups in total. The molecule has 2 aromatic carbocycles. The number of carboxylic acids is 1. The van der Waals surface area contributed by atoms with E-state index in [0.717, 1.165) is 10.8 Å². The molecule has 1 saturated heterocycles. The Labute approximate surface area is 145 Å². The van der Waals surface area contributed by atoms with E-state index in [1.165, 1.54) is 0 Å². The molecule has 0 bridgehead atoms. The molecular weight excluding hydrogens is 322 g/mol. The maximum Gasteiger partial charge on any atom is 0.311 e. The molecule has 1 heterocycles. The molecule has 1 aliphatic heterocycles. The van der Waals surface area contributed by atoms with E-state index in [1.807, 2.05) is 24.3 Å². The summed E-state index contributed by atoms with van der Waals surface area (Å²) in [6.07, 6.45) is 0.790. The van der Waals surface area contributed by atoms with Crippen LogP contribution in [-0.4, -0.2) is 43.9 Å². The molecule has 0 aromatic heterocycles. The fourth-order valence-electron chi connectivity index (χ4n) is 3.22. The predicted molar refractivity (Wildman–Crippen MR) is 93.0 cm³/mol. The highest BCUT2D eigenvalue weighted by molar-refractivity contribution is 6.08. The number of carbonyl (C=O) groups is 2. The van der Waals surface area contributed by atoms with Crippen LogP contribution >= 0.6 is 0 Å². The van der Waals surface area contributed by atoms with Crippen LogP contribution in [0.15, 0.2) is 36.4 Å². The molecule has 2 aromatic rings. The van der Waals surface area contributed by atoms with Crippen molar-refractivity contribution in [2.45, 2.75) is 12.8 Å². The lowest BCUT2D eigenvalue weighted by Gasteiger charge is -2.33. The maximum absolute atomic E-state index is 12.7. The SMILES string of the molecule is COc1ccc(C(=O)NCC2(C(=O)O)CCOCC2)c2ccccc12. The number of carbonyl (C=O) groups excluding carboxylic acids is 1. The Hall–Kier alpha value is -2.60. The predicted octanol–water partition coefficient (Wildman–Crippen LogP) is 2.46. The maximum atomic E-state index is 12.7. The number of rotatable bonds is 5. The van der Waals surface area contributed by atoms with E-state index in [-0.39, 0.29) is 12.5 Å². The van der Waals surface area contributed by atoms with Crippen molar-refractivity contribution in [3.8, 4) is 5.75 Å². The van der Waals surface area contributed by atoms with Crippen molar-refractivity contribution in [3.05, 3.63) is 42.0 Å². The Morgan fingerprint density at radius 2 is 1.84 bits per heavy atom. The summed E-state index contributed by atoms with van der Waals surface area (Å²) in [4.78, 5) is 24.4. The van der Waals surface area contributed by atoms with Gasteiger partial charge in [-0.2, -0.15) is 0 Å². The Morgan fingerprint density at radius 1 is 1.16 bits per heavy atom. The molecule has 3 rings (SSSR count). The first-order chi connectivity index (χ1) is 12.1. The highest BCUT2D eigenvalue weighted by Crippen LogP contribution is 2.31. The molecule has 0 aliphatic carbocycles. The van der Waals surface area contributed by atoms with Crippen molar-refractivity contribution < 1.29 is 24.2 Å². The van der Waals surface area contributed by atoms with Crippen LogP contribution in [0, 0.1) is 5.41 Å². The zero-order valence-electron chi connectivity index (χ0n) is 14.1. The second kappa shape index (κ2) is 7.11. The van der Waals surface area contributed by atoms with Gasteiger partial charge in [0.1, 0.15) is 5.75 Å². The van der Waals surface area contributed by atoms with E-state index >= 15 is 0 Å². The van der Waals surface area contributed by atoms with Crippen LogP contribution in [0.25, 0.3) is 10.8 Å². The third-order valence-corrected chi connectivity index (χ3v) is 4.84. The number of methoxy groups -OCH3 is 1. The lowest BCUT2D eigenvalue weighted by atomic mass is 9.80. The van der Waals surface area contributed by atoms with Gasteiger partial charge in [0.25, 0.3) is 5.91 Å². The van der Waals surface area contributed by atoms with Gasteiger partial charge in [0.15, 0.2) is 0 Å². The van der Waals surface area contributed by atoms with Crippen LogP contribution in [0.5, 0.6) is 5.75 Å². The summed E-state index contributed by atoms with van der Waals surface area (Å²) in [5.74, 6) is -0.486. The Morgan fingerprint density at radius 3 is 2.48 bits per heavy atom. The summed E-state index contributed by atoms with van der Waals surface area (Å²) in [6, 6.07) is 10.9. The lowest BCUT2D eigenvalue weighted by Crippen LogP contribution is -2.46. The lowest BCUT2D eigenvalue weighted by molar-refractivity contribution is -0.154. The van der Waals surface area contributed by atoms with Gasteiger partial charge in [-0.1, -0.05) is 24.3 Å². The number of hydrogen-bond acceptors (Lipinski definition) is 4. The third-order valence-electron chi connectivity index (χ3n) is 4.84. The van der Waals surface area contributed by atoms with Gasteiger partial charge < -0.3 is 19.9 Å². The van der Waals surface area contributed by atoms with E-state index in [0.29, 0.717) is 37.4 Å². The summed E-state index contributed by atoms with van der Waals surface area (Å²) in [5.41, 5.74) is -0.458. The van der Waals surface area contributed by atoms with Crippen LogP contribution in [0.4, 0.5) is 0 Å². The zero-order valence-corrected chi connectivity index (χ0v) is 14.1. The fraction of sp³-hybridized carbons (Fsp3) is 0.368. The molecular formula is C19H21NO5. The van der Waals surface area contributed by atoms with Gasteiger partial charge in [-0.3, -0.25) is 9.59 Å². The van der Waals surface area contributed by atoms with E-state index in [2.05, 4.69) is 5.32 Å². The second-order valence-corrected chi connectivity index (χ2v) is 6.24. The molecule has 132 valence electrons. The van der Waals surface area contributed by atoms with E-state index in [1.54, 1.807) is 19.2 Å². The molecule has 25 heavy (non-hydrogen) atoms. The van der Waals surface area contributed by atoms with E-state index in [9.17, 15) is 14.7 Å². The van der Waals surface area contributed by atoms with Gasteiger partial charge in [0.05, 0.1) is 12.5 Å². The molecule has 1 fully saturated rings. The minimum atomic E-state index is -0.962. The largest absolute Gasteiger partial charge is 0.496 e. The fourth-order valence-corrected chi connectivity index (χ4v) is 3.22. The minimum absolute atomic E-state index is 0.0882. The molecule has 0 atom stereocenters. The molecule has 0 spiro atoms. The number of hydrogen-bond donors (Lipinski definition) is 2. The summed E-state index contributed by atoms with van der Waals surface area (Å²) < 4.78 is 10.6. The van der Waals surface area contributed by atoms with Gasteiger partial charge in [-0.05, 0) is 30.4 Å². The van der Waals surface area contributed by atoms with Crippen molar-refractivity contribution in [1.29, 1.82) is 0 Å². The van der Waals surface area contributed by atoms with Gasteiger partial charge in [-0.15, -0.1) is 0 Å². The normalized spacial score (nSPS) is 16.4. The number of fused-ring (bicyclic) bond motifs is 1. The monoisotopic (exact) mass is 343 g/mol. The molecule has 0 radical (unpaired) electrons. The van der Waals surface area contributed by atoms with Crippen molar-refractivity contribution >= 4 is 22.6 Å². The summed E-state index contributed by atoms with van der Waals surface area (Å²) in [6.45, 7) is 0.881. The van der Waals surface area contributed by atoms with Crippen molar-refractivity contribution in [2.24, 2.45) is 5.41 Å². The quantitative estimate of drug-likeness (QED) is 0.871. The van der Waals surface area contributed by atoms with Gasteiger partial charge in [0.2, 0.25) is 0 Å². The Bertz CT molecular complexity index is 796.